The SMILES string of the molecule is CCCCCC=CCC=CCCCCCCCNC(=O)OCCCOP(=O)(O)OCC[N+](C)(C)C. The molecule has 0 fully saturated rings. The van der Waals surface area contributed by atoms with E-state index >= 15 is 0 Å². The van der Waals surface area contributed by atoms with Crippen molar-refractivity contribution in [3.05, 3.63) is 24.3 Å². The van der Waals surface area contributed by atoms with Gasteiger partial charge >= 0.3 is 13.9 Å². The van der Waals surface area contributed by atoms with Crippen molar-refractivity contribution in [1.82, 2.24) is 5.32 Å². The van der Waals surface area contributed by atoms with Crippen molar-refractivity contribution >= 4 is 13.9 Å². The number of alkyl carbamates (subject to hydrolysis) is 1. The molecule has 0 aromatic heterocycles. The fourth-order valence-electron chi connectivity index (χ4n) is 3.05. The fourth-order valence-corrected chi connectivity index (χ4v) is 3.80. The van der Waals surface area contributed by atoms with Gasteiger partial charge in [0, 0.05) is 13.0 Å². The Balaban J connectivity index is 3.47. The van der Waals surface area contributed by atoms with E-state index in [1.807, 2.05) is 21.1 Å². The highest BCUT2D eigenvalue weighted by molar-refractivity contribution is 7.47. The Bertz CT molecular complexity index is 619. The highest BCUT2D eigenvalue weighted by atomic mass is 31.2. The molecular weight excluding hydrogens is 467 g/mol. The quantitative estimate of drug-likeness (QED) is 0.0705. The van der Waals surface area contributed by atoms with Crippen molar-refractivity contribution < 1.29 is 32.5 Å². The maximum absolute atomic E-state index is 11.8. The van der Waals surface area contributed by atoms with Crippen LogP contribution in [0.2, 0.25) is 0 Å². The summed E-state index contributed by atoms with van der Waals surface area (Å²) < 4.78 is 27.2. The number of hydrogen-bond acceptors (Lipinski definition) is 5. The van der Waals surface area contributed by atoms with Gasteiger partial charge in [0.15, 0.2) is 0 Å². The van der Waals surface area contributed by atoms with E-state index in [4.69, 9.17) is 13.8 Å². The van der Waals surface area contributed by atoms with E-state index in [1.54, 1.807) is 0 Å². The van der Waals surface area contributed by atoms with Crippen LogP contribution in [0.4, 0.5) is 4.79 Å². The molecule has 1 amide bonds. The molecule has 0 aliphatic carbocycles. The number of unbranched alkanes of at least 4 members (excludes halogenated alkanes) is 8. The average molecular weight is 520 g/mol. The first-order valence-electron chi connectivity index (χ1n) is 13.3. The van der Waals surface area contributed by atoms with Gasteiger partial charge in [-0.2, -0.15) is 0 Å². The number of phosphoric ester groups is 1. The summed E-state index contributed by atoms with van der Waals surface area (Å²) in [5, 5.41) is 2.73. The number of carbonyl (C=O) groups excluding carboxylic acids is 1. The maximum Gasteiger partial charge on any atom is 0.472 e. The smallest absolute Gasteiger partial charge is 0.449 e. The first-order chi connectivity index (χ1) is 16.7. The zero-order valence-corrected chi connectivity index (χ0v) is 23.6. The lowest BCUT2D eigenvalue weighted by Gasteiger charge is -2.24. The van der Waals surface area contributed by atoms with Gasteiger partial charge in [-0.05, 0) is 38.5 Å². The molecular formula is C26H52N2O6P+. The summed E-state index contributed by atoms with van der Waals surface area (Å²) in [6.07, 6.45) is 21.8. The highest BCUT2D eigenvalue weighted by Gasteiger charge is 2.22. The molecule has 35 heavy (non-hydrogen) atoms. The van der Waals surface area contributed by atoms with Crippen LogP contribution < -0.4 is 5.32 Å². The Hall–Kier alpha value is -1.18. The third-order valence-corrected chi connectivity index (χ3v) is 6.21. The zero-order valence-electron chi connectivity index (χ0n) is 22.7. The minimum atomic E-state index is -4.06. The molecule has 0 aromatic rings. The molecule has 0 bridgehead atoms. The lowest BCUT2D eigenvalue weighted by atomic mass is 10.1. The molecule has 1 unspecified atom stereocenters. The monoisotopic (exact) mass is 519 g/mol. The fraction of sp³-hybridized carbons (Fsp3) is 0.808. The number of amides is 1. The minimum Gasteiger partial charge on any atom is -0.449 e. The van der Waals surface area contributed by atoms with Gasteiger partial charge in [-0.25, -0.2) is 9.36 Å². The van der Waals surface area contributed by atoms with Crippen molar-refractivity contribution in [2.24, 2.45) is 0 Å². The number of likely N-dealkylation sites (N-methyl/N-ethyl adjacent to an activating group) is 1. The number of nitrogens with one attached hydrogen (secondary N) is 1. The van der Waals surface area contributed by atoms with Gasteiger partial charge < -0.3 is 19.4 Å². The van der Waals surface area contributed by atoms with Crippen LogP contribution in [0.5, 0.6) is 0 Å². The number of allylic oxidation sites excluding steroid dienone is 4. The van der Waals surface area contributed by atoms with Gasteiger partial charge in [-0.3, -0.25) is 9.05 Å². The Morgan fingerprint density at radius 1 is 0.829 bits per heavy atom. The van der Waals surface area contributed by atoms with Gasteiger partial charge in [-0.1, -0.05) is 63.3 Å². The van der Waals surface area contributed by atoms with Crippen LogP contribution in [0.25, 0.3) is 0 Å². The second-order valence-electron chi connectivity index (χ2n) is 9.80. The first kappa shape index (κ1) is 33.8. The number of phosphoric acid groups is 1. The lowest BCUT2D eigenvalue weighted by molar-refractivity contribution is -0.870. The molecule has 0 saturated heterocycles. The van der Waals surface area contributed by atoms with Gasteiger partial charge in [0.1, 0.15) is 13.2 Å². The average Bonchev–Trinajstić information content (AvgIpc) is 2.77. The second-order valence-corrected chi connectivity index (χ2v) is 11.2. The first-order valence-corrected chi connectivity index (χ1v) is 14.8. The van der Waals surface area contributed by atoms with Gasteiger partial charge in [0.2, 0.25) is 0 Å². The summed E-state index contributed by atoms with van der Waals surface area (Å²) in [6, 6.07) is 0. The molecule has 2 N–H and O–H groups in total. The van der Waals surface area contributed by atoms with Crippen LogP contribution in [0, 0.1) is 0 Å². The molecule has 1 atom stereocenters. The standard InChI is InChI=1S/C26H51N2O6P/c1-5-6-7-8-9-10-11-12-13-14-15-16-17-18-19-21-27-26(29)32-23-20-24-33-35(30,31)34-25-22-28(2,3)4/h9-10,12-13H,5-8,11,14-25H2,1-4H3,(H-,27,29,30,31)/p+1. The topological polar surface area (TPSA) is 94.1 Å². The summed E-state index contributed by atoms with van der Waals surface area (Å²) in [5.41, 5.74) is 0. The predicted octanol–water partition coefficient (Wildman–Crippen LogP) is 6.37. The molecule has 0 aromatic carbocycles. The van der Waals surface area contributed by atoms with E-state index in [0.717, 1.165) is 32.1 Å². The van der Waals surface area contributed by atoms with Crippen molar-refractivity contribution in [3.63, 3.8) is 0 Å². The molecule has 0 radical (unpaired) electrons. The number of hydrogen-bond donors (Lipinski definition) is 2. The molecule has 9 heteroatoms. The number of quaternary nitrogens is 1. The molecule has 0 spiro atoms. The van der Waals surface area contributed by atoms with Crippen LogP contribution >= 0.6 is 7.82 Å². The summed E-state index contributed by atoms with van der Waals surface area (Å²) in [4.78, 5) is 21.3. The summed E-state index contributed by atoms with van der Waals surface area (Å²) in [6.45, 7) is 3.64. The molecule has 0 rings (SSSR count). The second kappa shape index (κ2) is 22.1. The maximum atomic E-state index is 11.8. The normalized spacial score (nSPS) is 14.0. The Kier molecular flexibility index (Phi) is 21.3. The van der Waals surface area contributed by atoms with E-state index in [1.165, 1.54) is 38.5 Å². The Labute approximate surface area is 214 Å². The molecule has 0 aliphatic heterocycles. The Morgan fingerprint density at radius 3 is 2.09 bits per heavy atom. The molecule has 0 heterocycles. The highest BCUT2D eigenvalue weighted by Crippen LogP contribution is 2.43. The number of nitrogens with zero attached hydrogens (tertiary/aromatic N) is 1. The van der Waals surface area contributed by atoms with Crippen molar-refractivity contribution in [3.8, 4) is 0 Å². The zero-order chi connectivity index (χ0) is 26.3. The third kappa shape index (κ3) is 27.3. The van der Waals surface area contributed by atoms with Gasteiger partial charge in [0.25, 0.3) is 0 Å². The van der Waals surface area contributed by atoms with Gasteiger partial charge in [-0.15, -0.1) is 0 Å². The number of ether oxygens (including phenoxy) is 1. The molecule has 0 saturated carbocycles. The van der Waals surface area contributed by atoms with Crippen LogP contribution in [-0.4, -0.2) is 69.5 Å². The molecule has 8 nitrogen and oxygen atoms in total. The summed E-state index contributed by atoms with van der Waals surface area (Å²) >= 11 is 0. The largest absolute Gasteiger partial charge is 0.472 e. The number of carbonyl (C=O) groups is 1. The lowest BCUT2D eigenvalue weighted by Crippen LogP contribution is -2.37. The van der Waals surface area contributed by atoms with Crippen molar-refractivity contribution in [1.29, 1.82) is 0 Å². The summed E-state index contributed by atoms with van der Waals surface area (Å²) in [7, 11) is 1.83. The van der Waals surface area contributed by atoms with Crippen LogP contribution in [0.3, 0.4) is 0 Å². The molecule has 206 valence electrons. The van der Waals surface area contributed by atoms with Crippen LogP contribution in [0.15, 0.2) is 24.3 Å². The van der Waals surface area contributed by atoms with Crippen LogP contribution in [-0.2, 0) is 18.3 Å². The van der Waals surface area contributed by atoms with Crippen molar-refractivity contribution in [2.45, 2.75) is 84.0 Å². The van der Waals surface area contributed by atoms with Crippen molar-refractivity contribution in [2.75, 3.05) is 54.1 Å². The summed E-state index contributed by atoms with van der Waals surface area (Å²) in [5.74, 6) is 0. The van der Waals surface area contributed by atoms with E-state index in [0.29, 0.717) is 24.0 Å². The van der Waals surface area contributed by atoms with Gasteiger partial charge in [0.05, 0.1) is 34.4 Å². The van der Waals surface area contributed by atoms with E-state index in [9.17, 15) is 14.3 Å². The van der Waals surface area contributed by atoms with E-state index < -0.39 is 13.9 Å². The van der Waals surface area contributed by atoms with E-state index in [2.05, 4.69) is 36.5 Å². The predicted molar refractivity (Wildman–Crippen MR) is 143 cm³/mol. The van der Waals surface area contributed by atoms with E-state index in [-0.39, 0.29) is 19.8 Å². The Morgan fingerprint density at radius 2 is 1.43 bits per heavy atom. The third-order valence-electron chi connectivity index (χ3n) is 5.19. The minimum absolute atomic E-state index is 0.0175. The number of rotatable bonds is 23. The van der Waals surface area contributed by atoms with Crippen LogP contribution in [0.1, 0.15) is 84.0 Å². The molecule has 0 aliphatic rings.